The Hall–Kier alpha value is -3.22. The summed E-state index contributed by atoms with van der Waals surface area (Å²) < 4.78 is 33.3. The number of nitrogens with zero attached hydrogens (tertiary/aromatic N) is 2. The molecule has 0 fully saturated rings. The lowest BCUT2D eigenvalue weighted by molar-refractivity contribution is 0.411. The van der Waals surface area contributed by atoms with E-state index in [0.717, 1.165) is 11.1 Å². The monoisotopic (exact) mass is 356 g/mol. The maximum Gasteiger partial charge on any atom is 0.168 e. The van der Waals surface area contributed by atoms with Gasteiger partial charge in [-0.15, -0.1) is 0 Å². The number of hydrogen-bond acceptors (Lipinski definition) is 5. The van der Waals surface area contributed by atoms with Gasteiger partial charge in [0.1, 0.15) is 11.6 Å². The number of methoxy groups -OCH3 is 1. The van der Waals surface area contributed by atoms with Gasteiger partial charge in [0.15, 0.2) is 11.6 Å². The molecule has 5 nitrogen and oxygen atoms in total. The van der Waals surface area contributed by atoms with E-state index in [1.165, 1.54) is 19.4 Å². The highest BCUT2D eigenvalue weighted by Gasteiger charge is 2.12. The number of aromatic nitrogens is 2. The first-order valence-corrected chi connectivity index (χ1v) is 7.92. The van der Waals surface area contributed by atoms with Crippen LogP contribution in [0.1, 0.15) is 16.7 Å². The fourth-order valence-corrected chi connectivity index (χ4v) is 2.59. The maximum absolute atomic E-state index is 14.2. The number of nitrogen functional groups attached to an aromatic ring is 1. The van der Waals surface area contributed by atoms with Crippen LogP contribution in [-0.4, -0.2) is 17.1 Å². The van der Waals surface area contributed by atoms with Crippen LogP contribution in [0.15, 0.2) is 42.9 Å². The summed E-state index contributed by atoms with van der Waals surface area (Å²) in [6.07, 6.45) is 5.02. The van der Waals surface area contributed by atoms with Crippen LogP contribution < -0.4 is 15.8 Å². The Morgan fingerprint density at radius 1 is 1.12 bits per heavy atom. The predicted molar refractivity (Wildman–Crippen MR) is 96.6 cm³/mol. The summed E-state index contributed by atoms with van der Waals surface area (Å²) in [6.45, 7) is 1.86. The molecule has 3 N–H and O–H groups in total. The number of ether oxygens (including phenoxy) is 1. The first kappa shape index (κ1) is 17.6. The zero-order valence-electron chi connectivity index (χ0n) is 14.4. The molecule has 0 saturated carbocycles. The minimum absolute atomic E-state index is 0.136. The van der Waals surface area contributed by atoms with Crippen LogP contribution in [0.4, 0.5) is 26.0 Å². The van der Waals surface area contributed by atoms with E-state index in [1.807, 2.05) is 6.92 Å². The van der Waals surface area contributed by atoms with Crippen molar-refractivity contribution in [3.8, 4) is 5.75 Å². The fourth-order valence-electron chi connectivity index (χ4n) is 2.59. The second-order valence-electron chi connectivity index (χ2n) is 5.79. The number of hydrogen-bond donors (Lipinski definition) is 2. The molecule has 0 unspecified atom stereocenters. The molecule has 0 aliphatic heterocycles. The van der Waals surface area contributed by atoms with E-state index in [2.05, 4.69) is 15.3 Å². The number of anilines is 3. The second kappa shape index (κ2) is 7.35. The lowest BCUT2D eigenvalue weighted by Crippen LogP contribution is -2.04. The summed E-state index contributed by atoms with van der Waals surface area (Å²) in [6, 6.07) is 6.12. The molecule has 1 aromatic carbocycles. The van der Waals surface area contributed by atoms with Gasteiger partial charge in [-0.1, -0.05) is 0 Å². The molecule has 3 aromatic rings. The van der Waals surface area contributed by atoms with Gasteiger partial charge >= 0.3 is 0 Å². The van der Waals surface area contributed by atoms with Gasteiger partial charge in [-0.3, -0.25) is 4.98 Å². The van der Waals surface area contributed by atoms with Crippen LogP contribution >= 0.6 is 0 Å². The van der Waals surface area contributed by atoms with Crippen molar-refractivity contribution in [3.63, 3.8) is 0 Å². The molecule has 0 aliphatic carbocycles. The van der Waals surface area contributed by atoms with Crippen LogP contribution in [-0.2, 0) is 6.42 Å². The highest BCUT2D eigenvalue weighted by molar-refractivity contribution is 5.64. The van der Waals surface area contributed by atoms with Crippen LogP contribution in [0.5, 0.6) is 5.75 Å². The molecular weight excluding hydrogens is 338 g/mol. The third-order valence-corrected chi connectivity index (χ3v) is 4.14. The van der Waals surface area contributed by atoms with E-state index in [1.54, 1.807) is 30.6 Å². The topological polar surface area (TPSA) is 73.1 Å². The molecule has 0 amide bonds. The molecule has 0 saturated heterocycles. The smallest absolute Gasteiger partial charge is 0.168 e. The van der Waals surface area contributed by atoms with Crippen LogP contribution in [0.2, 0.25) is 0 Å². The van der Waals surface area contributed by atoms with Gasteiger partial charge in [-0.25, -0.2) is 13.8 Å². The Morgan fingerprint density at radius 3 is 2.65 bits per heavy atom. The number of nitrogens with two attached hydrogens (primary N) is 1. The average Bonchev–Trinajstić information content (AvgIpc) is 2.63. The molecule has 0 aliphatic rings. The van der Waals surface area contributed by atoms with Gasteiger partial charge in [0.2, 0.25) is 0 Å². The Morgan fingerprint density at radius 2 is 1.92 bits per heavy atom. The van der Waals surface area contributed by atoms with Crippen molar-refractivity contribution in [2.45, 2.75) is 13.3 Å². The molecule has 0 radical (unpaired) electrons. The first-order valence-electron chi connectivity index (χ1n) is 7.92. The van der Waals surface area contributed by atoms with Gasteiger partial charge in [-0.05, 0) is 41.8 Å². The number of halogens is 2. The van der Waals surface area contributed by atoms with Crippen LogP contribution in [0.3, 0.4) is 0 Å². The summed E-state index contributed by atoms with van der Waals surface area (Å²) in [4.78, 5) is 7.90. The maximum atomic E-state index is 14.2. The summed E-state index contributed by atoms with van der Waals surface area (Å²) in [5.74, 6) is -0.682. The molecule has 134 valence electrons. The number of rotatable bonds is 5. The highest BCUT2D eigenvalue weighted by atomic mass is 19.1. The van der Waals surface area contributed by atoms with E-state index in [4.69, 9.17) is 10.5 Å². The lowest BCUT2D eigenvalue weighted by Gasteiger charge is -2.14. The third-order valence-electron chi connectivity index (χ3n) is 4.14. The molecule has 7 heteroatoms. The number of benzene rings is 1. The molecule has 0 spiro atoms. The highest BCUT2D eigenvalue weighted by Crippen LogP contribution is 2.28. The van der Waals surface area contributed by atoms with Gasteiger partial charge in [0, 0.05) is 24.9 Å². The second-order valence-corrected chi connectivity index (χ2v) is 5.79. The standard InChI is InChI=1S/C19H18F2N4O/c1-11-13(7-12-5-6-24-19(22)18(12)21)9-23-10-17(11)25-16-4-3-14(26-2)8-15(16)20/h3-6,8-10,25H,7H2,1-2H3,(H2,22,24). The summed E-state index contributed by atoms with van der Waals surface area (Å²) in [5, 5.41) is 3.02. The predicted octanol–water partition coefficient (Wildman–Crippen LogP) is 3.99. The van der Waals surface area contributed by atoms with E-state index in [0.29, 0.717) is 29.1 Å². The lowest BCUT2D eigenvalue weighted by atomic mass is 10.0. The molecule has 2 aromatic heterocycles. The zero-order valence-corrected chi connectivity index (χ0v) is 14.4. The SMILES string of the molecule is COc1ccc(Nc2cncc(Cc3ccnc(N)c3F)c2C)c(F)c1. The van der Waals surface area contributed by atoms with Gasteiger partial charge in [0.25, 0.3) is 0 Å². The van der Waals surface area contributed by atoms with Crippen molar-refractivity contribution in [2.24, 2.45) is 0 Å². The van der Waals surface area contributed by atoms with Crippen molar-refractivity contribution in [3.05, 3.63) is 71.2 Å². The molecule has 2 heterocycles. The summed E-state index contributed by atoms with van der Waals surface area (Å²) in [7, 11) is 1.48. The Bertz CT molecular complexity index is 947. The molecule has 26 heavy (non-hydrogen) atoms. The van der Waals surface area contributed by atoms with E-state index in [-0.39, 0.29) is 5.82 Å². The van der Waals surface area contributed by atoms with Gasteiger partial charge in [0.05, 0.1) is 24.7 Å². The largest absolute Gasteiger partial charge is 0.497 e. The zero-order chi connectivity index (χ0) is 18.7. The summed E-state index contributed by atoms with van der Waals surface area (Å²) in [5.41, 5.74) is 8.51. The molecule has 0 atom stereocenters. The van der Waals surface area contributed by atoms with Crippen molar-refractivity contribution in [1.82, 2.24) is 9.97 Å². The van der Waals surface area contributed by atoms with E-state index in [9.17, 15) is 8.78 Å². The van der Waals surface area contributed by atoms with E-state index >= 15 is 0 Å². The van der Waals surface area contributed by atoms with Crippen LogP contribution in [0.25, 0.3) is 0 Å². The van der Waals surface area contributed by atoms with Crippen molar-refractivity contribution >= 4 is 17.2 Å². The van der Waals surface area contributed by atoms with Crippen molar-refractivity contribution in [2.75, 3.05) is 18.2 Å². The normalized spacial score (nSPS) is 10.6. The van der Waals surface area contributed by atoms with Gasteiger partial charge < -0.3 is 15.8 Å². The molecule has 3 rings (SSSR count). The molecule has 0 bridgehead atoms. The van der Waals surface area contributed by atoms with Crippen molar-refractivity contribution < 1.29 is 13.5 Å². The van der Waals surface area contributed by atoms with Crippen LogP contribution in [0, 0.1) is 18.6 Å². The molecular formula is C19H18F2N4O. The minimum Gasteiger partial charge on any atom is -0.497 e. The van der Waals surface area contributed by atoms with E-state index < -0.39 is 11.6 Å². The average molecular weight is 356 g/mol. The quantitative estimate of drug-likeness (QED) is 0.723. The fraction of sp³-hybridized carbons (Fsp3) is 0.158. The minimum atomic E-state index is -0.536. The van der Waals surface area contributed by atoms with Gasteiger partial charge in [-0.2, -0.15) is 0 Å². The van der Waals surface area contributed by atoms with Crippen molar-refractivity contribution in [1.29, 1.82) is 0 Å². The Balaban J connectivity index is 1.89. The third kappa shape index (κ3) is 3.56. The number of pyridine rings is 2. The Kier molecular flexibility index (Phi) is 4.97. The Labute approximate surface area is 149 Å². The number of nitrogens with one attached hydrogen (secondary N) is 1. The summed E-state index contributed by atoms with van der Waals surface area (Å²) >= 11 is 0. The first-order chi connectivity index (χ1) is 12.5.